The molecule has 1 amide bonds. The quantitative estimate of drug-likeness (QED) is 0.811. The molecule has 4 heteroatoms. The Kier molecular flexibility index (Phi) is 4.65. The van der Waals surface area contributed by atoms with Crippen molar-refractivity contribution in [3.63, 3.8) is 0 Å². The van der Waals surface area contributed by atoms with Gasteiger partial charge in [0.2, 0.25) is 0 Å². The first-order chi connectivity index (χ1) is 9.51. The number of ether oxygens (including phenoxy) is 1. The summed E-state index contributed by atoms with van der Waals surface area (Å²) < 4.78 is 6.37. The number of anilines is 1. The van der Waals surface area contributed by atoms with Crippen LogP contribution in [0.3, 0.4) is 0 Å². The maximum atomic E-state index is 12.2. The Hall–Kier alpha value is -1.56. The van der Waals surface area contributed by atoms with Crippen molar-refractivity contribution in [2.75, 3.05) is 12.4 Å². The summed E-state index contributed by atoms with van der Waals surface area (Å²) >= 11 is 2.26. The van der Waals surface area contributed by atoms with Crippen molar-refractivity contribution in [1.82, 2.24) is 0 Å². The third-order valence-corrected chi connectivity index (χ3v) is 4.26. The molecular formula is C16H16INO2. The Morgan fingerprint density at radius 2 is 1.80 bits per heavy atom. The van der Waals surface area contributed by atoms with E-state index in [1.807, 2.05) is 38.1 Å². The highest BCUT2D eigenvalue weighted by Crippen LogP contribution is 2.21. The number of hydrogen-bond donors (Lipinski definition) is 1. The van der Waals surface area contributed by atoms with Gasteiger partial charge >= 0.3 is 0 Å². The van der Waals surface area contributed by atoms with Crippen LogP contribution in [0, 0.1) is 17.4 Å². The second-order valence-corrected chi connectivity index (χ2v) is 5.76. The minimum Gasteiger partial charge on any atom is -0.496 e. The molecule has 2 aromatic rings. The summed E-state index contributed by atoms with van der Waals surface area (Å²) in [5, 5.41) is 2.90. The lowest BCUT2D eigenvalue weighted by atomic mass is 10.1. The summed E-state index contributed by atoms with van der Waals surface area (Å²) in [7, 11) is 1.60. The van der Waals surface area contributed by atoms with E-state index < -0.39 is 0 Å². The van der Waals surface area contributed by atoms with Gasteiger partial charge in [0.05, 0.1) is 7.11 Å². The summed E-state index contributed by atoms with van der Waals surface area (Å²) in [6, 6.07) is 11.3. The fraction of sp³-hybridized carbons (Fsp3) is 0.188. The number of carbonyl (C=O) groups is 1. The third kappa shape index (κ3) is 3.30. The van der Waals surface area contributed by atoms with Gasteiger partial charge in [-0.05, 0) is 71.8 Å². The second-order valence-electron chi connectivity index (χ2n) is 4.60. The molecule has 0 radical (unpaired) electrons. The molecule has 2 rings (SSSR count). The lowest BCUT2D eigenvalue weighted by Gasteiger charge is -2.09. The molecule has 0 saturated carbocycles. The number of amides is 1. The van der Waals surface area contributed by atoms with Crippen LogP contribution in [0.4, 0.5) is 5.69 Å². The molecule has 0 saturated heterocycles. The van der Waals surface area contributed by atoms with Crippen LogP contribution in [0.15, 0.2) is 36.4 Å². The number of nitrogens with one attached hydrogen (secondary N) is 1. The van der Waals surface area contributed by atoms with E-state index >= 15 is 0 Å². The molecule has 0 aliphatic rings. The summed E-state index contributed by atoms with van der Waals surface area (Å²) in [4.78, 5) is 12.2. The van der Waals surface area contributed by atoms with Crippen LogP contribution in [-0.4, -0.2) is 13.0 Å². The first-order valence-corrected chi connectivity index (χ1v) is 7.31. The van der Waals surface area contributed by atoms with Gasteiger partial charge < -0.3 is 10.1 Å². The Morgan fingerprint density at radius 3 is 2.45 bits per heavy atom. The molecule has 1 N–H and O–H groups in total. The predicted molar refractivity (Wildman–Crippen MR) is 89.6 cm³/mol. The molecule has 20 heavy (non-hydrogen) atoms. The van der Waals surface area contributed by atoms with Gasteiger partial charge in [0.25, 0.3) is 5.91 Å². The molecular weight excluding hydrogens is 365 g/mol. The van der Waals surface area contributed by atoms with E-state index in [0.29, 0.717) is 5.56 Å². The number of benzene rings is 2. The highest BCUT2D eigenvalue weighted by Gasteiger charge is 2.09. The normalized spacial score (nSPS) is 10.2. The van der Waals surface area contributed by atoms with E-state index in [4.69, 9.17) is 4.74 Å². The van der Waals surface area contributed by atoms with Crippen LogP contribution < -0.4 is 10.1 Å². The zero-order valence-electron chi connectivity index (χ0n) is 11.7. The molecule has 0 bridgehead atoms. The van der Waals surface area contributed by atoms with E-state index in [2.05, 4.69) is 27.9 Å². The lowest BCUT2D eigenvalue weighted by molar-refractivity contribution is 0.102. The van der Waals surface area contributed by atoms with Crippen molar-refractivity contribution in [2.24, 2.45) is 0 Å². The minimum absolute atomic E-state index is 0.136. The number of rotatable bonds is 3. The molecule has 0 atom stereocenters. The standard InChI is InChI=1S/C16H16INO2/c1-10-5-7-13(9-14(10)17)18-16(19)12-6-4-11(2)15(8-12)20-3/h4-9H,1-3H3,(H,18,19). The van der Waals surface area contributed by atoms with Crippen molar-refractivity contribution >= 4 is 34.2 Å². The van der Waals surface area contributed by atoms with Gasteiger partial charge in [0.15, 0.2) is 0 Å². The van der Waals surface area contributed by atoms with Crippen LogP contribution in [0.5, 0.6) is 5.75 Å². The second kappa shape index (κ2) is 6.26. The summed E-state index contributed by atoms with van der Waals surface area (Å²) in [6.45, 7) is 3.99. The van der Waals surface area contributed by atoms with Gasteiger partial charge in [0, 0.05) is 14.8 Å². The molecule has 0 spiro atoms. The van der Waals surface area contributed by atoms with Gasteiger partial charge in [0.1, 0.15) is 5.75 Å². The van der Waals surface area contributed by atoms with Gasteiger partial charge in [-0.25, -0.2) is 0 Å². The van der Waals surface area contributed by atoms with Crippen LogP contribution in [0.25, 0.3) is 0 Å². The largest absolute Gasteiger partial charge is 0.496 e. The number of methoxy groups -OCH3 is 1. The molecule has 0 aliphatic carbocycles. The first kappa shape index (κ1) is 14.8. The molecule has 0 aliphatic heterocycles. The predicted octanol–water partition coefficient (Wildman–Crippen LogP) is 4.17. The molecule has 104 valence electrons. The smallest absolute Gasteiger partial charge is 0.255 e. The zero-order chi connectivity index (χ0) is 14.7. The van der Waals surface area contributed by atoms with Gasteiger partial charge in [-0.1, -0.05) is 12.1 Å². The molecule has 2 aromatic carbocycles. The van der Waals surface area contributed by atoms with Crippen LogP contribution in [-0.2, 0) is 0 Å². The maximum Gasteiger partial charge on any atom is 0.255 e. The fourth-order valence-corrected chi connectivity index (χ4v) is 2.35. The maximum absolute atomic E-state index is 12.2. The van der Waals surface area contributed by atoms with Crippen LogP contribution in [0.1, 0.15) is 21.5 Å². The van der Waals surface area contributed by atoms with Crippen LogP contribution >= 0.6 is 22.6 Å². The topological polar surface area (TPSA) is 38.3 Å². The average molecular weight is 381 g/mol. The van der Waals surface area contributed by atoms with Gasteiger partial charge in [-0.2, -0.15) is 0 Å². The highest BCUT2D eigenvalue weighted by atomic mass is 127. The Bertz CT molecular complexity index is 653. The van der Waals surface area contributed by atoms with E-state index in [-0.39, 0.29) is 5.91 Å². The summed E-state index contributed by atoms with van der Waals surface area (Å²) in [5.74, 6) is 0.582. The van der Waals surface area contributed by atoms with Crippen molar-refractivity contribution in [3.05, 3.63) is 56.7 Å². The molecule has 0 fully saturated rings. The van der Waals surface area contributed by atoms with Crippen molar-refractivity contribution in [1.29, 1.82) is 0 Å². The van der Waals surface area contributed by atoms with E-state index in [1.165, 1.54) is 5.56 Å². The lowest BCUT2D eigenvalue weighted by Crippen LogP contribution is -2.12. The zero-order valence-corrected chi connectivity index (χ0v) is 13.8. The van der Waals surface area contributed by atoms with Crippen molar-refractivity contribution in [2.45, 2.75) is 13.8 Å². The third-order valence-electron chi connectivity index (χ3n) is 3.10. The Morgan fingerprint density at radius 1 is 1.10 bits per heavy atom. The number of carbonyl (C=O) groups excluding carboxylic acids is 1. The number of aryl methyl sites for hydroxylation is 2. The Labute approximate surface area is 132 Å². The van der Waals surface area contributed by atoms with E-state index in [0.717, 1.165) is 20.6 Å². The van der Waals surface area contributed by atoms with Gasteiger partial charge in [-0.15, -0.1) is 0 Å². The molecule has 0 aromatic heterocycles. The van der Waals surface area contributed by atoms with Crippen molar-refractivity contribution < 1.29 is 9.53 Å². The van der Waals surface area contributed by atoms with E-state index in [1.54, 1.807) is 19.2 Å². The molecule has 0 unspecified atom stereocenters. The Balaban J connectivity index is 2.21. The fourth-order valence-electron chi connectivity index (χ4n) is 1.84. The van der Waals surface area contributed by atoms with E-state index in [9.17, 15) is 4.79 Å². The van der Waals surface area contributed by atoms with Crippen LogP contribution in [0.2, 0.25) is 0 Å². The molecule has 3 nitrogen and oxygen atoms in total. The van der Waals surface area contributed by atoms with Crippen molar-refractivity contribution in [3.8, 4) is 5.75 Å². The summed E-state index contributed by atoms with van der Waals surface area (Å²) in [6.07, 6.45) is 0. The average Bonchev–Trinajstić information content (AvgIpc) is 2.43. The highest BCUT2D eigenvalue weighted by molar-refractivity contribution is 14.1. The minimum atomic E-state index is -0.136. The monoisotopic (exact) mass is 381 g/mol. The van der Waals surface area contributed by atoms with Gasteiger partial charge in [-0.3, -0.25) is 4.79 Å². The molecule has 0 heterocycles. The number of halogens is 1. The first-order valence-electron chi connectivity index (χ1n) is 6.23. The summed E-state index contributed by atoms with van der Waals surface area (Å²) in [5.41, 5.74) is 3.59. The SMILES string of the molecule is COc1cc(C(=O)Nc2ccc(C)c(I)c2)ccc1C. The number of hydrogen-bond acceptors (Lipinski definition) is 2.